The molecule has 15 heavy (non-hydrogen) atoms. The van der Waals surface area contributed by atoms with E-state index in [1.807, 2.05) is 12.1 Å². The molecule has 2 rings (SSSR count). The minimum Gasteiger partial charge on any atom is -0.396 e. The van der Waals surface area contributed by atoms with Crippen LogP contribution in [0.15, 0.2) is 18.3 Å². The number of carbonyl (C=O) groups is 1. The molecule has 2 heterocycles. The number of nitrogens with zero attached hydrogens (tertiary/aromatic N) is 2. The molecular weight excluding hydrogens is 307 g/mol. The van der Waals surface area contributed by atoms with E-state index < -0.39 is 0 Å². The lowest BCUT2D eigenvalue weighted by molar-refractivity contribution is -0.117. The quantitative estimate of drug-likeness (QED) is 0.655. The van der Waals surface area contributed by atoms with E-state index in [-0.39, 0.29) is 18.4 Å². The number of amides is 1. The first kappa shape index (κ1) is 10.8. The second-order valence-electron chi connectivity index (χ2n) is 3.60. The zero-order chi connectivity index (χ0) is 10.8. The van der Waals surface area contributed by atoms with Crippen LogP contribution in [-0.2, 0) is 4.79 Å². The summed E-state index contributed by atoms with van der Waals surface area (Å²) in [5.41, 5.74) is 0.816. The SMILES string of the molecule is O=C1CC(CO)CN1c1ccc(I)nc1. The van der Waals surface area contributed by atoms with E-state index in [1.54, 1.807) is 11.1 Å². The van der Waals surface area contributed by atoms with Gasteiger partial charge in [-0.05, 0) is 34.7 Å². The van der Waals surface area contributed by atoms with Crippen molar-refractivity contribution in [3.63, 3.8) is 0 Å². The normalized spacial score (nSPS) is 21.1. The fourth-order valence-corrected chi connectivity index (χ4v) is 2.00. The van der Waals surface area contributed by atoms with Gasteiger partial charge in [-0.2, -0.15) is 0 Å². The number of hydrogen-bond acceptors (Lipinski definition) is 3. The largest absolute Gasteiger partial charge is 0.396 e. The maximum atomic E-state index is 11.6. The van der Waals surface area contributed by atoms with E-state index >= 15 is 0 Å². The molecule has 0 spiro atoms. The lowest BCUT2D eigenvalue weighted by Gasteiger charge is -2.15. The number of carbonyl (C=O) groups excluding carboxylic acids is 1. The zero-order valence-electron chi connectivity index (χ0n) is 8.06. The molecule has 4 nitrogen and oxygen atoms in total. The molecule has 1 atom stereocenters. The van der Waals surface area contributed by atoms with Crippen molar-refractivity contribution < 1.29 is 9.90 Å². The fourth-order valence-electron chi connectivity index (χ4n) is 1.68. The smallest absolute Gasteiger partial charge is 0.227 e. The fraction of sp³-hybridized carbons (Fsp3) is 0.400. The molecule has 0 aromatic carbocycles. The number of pyridine rings is 1. The van der Waals surface area contributed by atoms with E-state index in [1.165, 1.54) is 0 Å². The standard InChI is InChI=1S/C10H11IN2O2/c11-9-2-1-8(4-12-9)13-5-7(6-14)3-10(13)15/h1-2,4,7,14H,3,5-6H2. The van der Waals surface area contributed by atoms with Gasteiger partial charge in [0.1, 0.15) is 3.70 Å². The molecular formula is C10H11IN2O2. The summed E-state index contributed by atoms with van der Waals surface area (Å²) in [6.45, 7) is 0.664. The summed E-state index contributed by atoms with van der Waals surface area (Å²) in [4.78, 5) is 17.4. The Kier molecular flexibility index (Phi) is 3.20. The molecule has 1 fully saturated rings. The van der Waals surface area contributed by atoms with Gasteiger partial charge in [0.15, 0.2) is 0 Å². The van der Waals surface area contributed by atoms with Crippen LogP contribution in [0.4, 0.5) is 5.69 Å². The van der Waals surface area contributed by atoms with Gasteiger partial charge in [-0.1, -0.05) is 0 Å². The summed E-state index contributed by atoms with van der Waals surface area (Å²) < 4.78 is 0.904. The zero-order valence-corrected chi connectivity index (χ0v) is 10.2. The molecule has 1 saturated heterocycles. The first-order valence-electron chi connectivity index (χ1n) is 4.73. The van der Waals surface area contributed by atoms with Gasteiger partial charge in [-0.15, -0.1) is 0 Å². The molecule has 1 aromatic rings. The van der Waals surface area contributed by atoms with Crippen LogP contribution >= 0.6 is 22.6 Å². The van der Waals surface area contributed by atoms with Gasteiger partial charge in [-0.3, -0.25) is 4.79 Å². The van der Waals surface area contributed by atoms with Crippen molar-refractivity contribution in [1.82, 2.24) is 4.98 Å². The van der Waals surface area contributed by atoms with Crippen LogP contribution < -0.4 is 4.90 Å². The lowest BCUT2D eigenvalue weighted by atomic mass is 10.1. The number of hydrogen-bond donors (Lipinski definition) is 1. The Morgan fingerprint density at radius 2 is 2.40 bits per heavy atom. The van der Waals surface area contributed by atoms with Crippen LogP contribution in [0.1, 0.15) is 6.42 Å². The number of anilines is 1. The lowest BCUT2D eigenvalue weighted by Crippen LogP contribution is -2.24. The molecule has 0 bridgehead atoms. The topological polar surface area (TPSA) is 53.4 Å². The monoisotopic (exact) mass is 318 g/mol. The van der Waals surface area contributed by atoms with Crippen molar-refractivity contribution in [3.05, 3.63) is 22.0 Å². The third-order valence-electron chi connectivity index (χ3n) is 2.49. The minimum atomic E-state index is 0.0665. The van der Waals surface area contributed by atoms with Crippen molar-refractivity contribution in [3.8, 4) is 0 Å². The summed E-state index contributed by atoms with van der Waals surface area (Å²) in [5.74, 6) is 0.133. The Hall–Kier alpha value is -0.690. The number of halogens is 1. The molecule has 1 unspecified atom stereocenters. The third kappa shape index (κ3) is 2.28. The van der Waals surface area contributed by atoms with E-state index in [2.05, 4.69) is 27.6 Å². The molecule has 0 saturated carbocycles. The van der Waals surface area contributed by atoms with Crippen LogP contribution in [0, 0.1) is 9.62 Å². The van der Waals surface area contributed by atoms with Gasteiger partial charge < -0.3 is 10.0 Å². The number of rotatable bonds is 2. The highest BCUT2D eigenvalue weighted by Crippen LogP contribution is 2.24. The first-order chi connectivity index (χ1) is 7.20. The van der Waals surface area contributed by atoms with Crippen molar-refractivity contribution >= 4 is 34.2 Å². The van der Waals surface area contributed by atoms with Gasteiger partial charge >= 0.3 is 0 Å². The van der Waals surface area contributed by atoms with Crippen molar-refractivity contribution in [1.29, 1.82) is 0 Å². The second kappa shape index (κ2) is 4.44. The summed E-state index contributed by atoms with van der Waals surface area (Å²) >= 11 is 2.12. The van der Waals surface area contributed by atoms with Gasteiger partial charge in [-0.25, -0.2) is 4.98 Å². The first-order valence-corrected chi connectivity index (χ1v) is 5.81. The summed E-state index contributed by atoms with van der Waals surface area (Å²) in [6, 6.07) is 3.75. The van der Waals surface area contributed by atoms with Crippen LogP contribution in [0.2, 0.25) is 0 Å². The van der Waals surface area contributed by atoms with Crippen LogP contribution in [0.5, 0.6) is 0 Å². The van der Waals surface area contributed by atoms with Crippen molar-refractivity contribution in [2.75, 3.05) is 18.1 Å². The van der Waals surface area contributed by atoms with Crippen LogP contribution in [-0.4, -0.2) is 29.1 Å². The molecule has 1 aliphatic heterocycles. The van der Waals surface area contributed by atoms with Crippen LogP contribution in [0.3, 0.4) is 0 Å². The van der Waals surface area contributed by atoms with Gasteiger partial charge in [0.25, 0.3) is 0 Å². The molecule has 5 heteroatoms. The van der Waals surface area contributed by atoms with Crippen molar-refractivity contribution in [2.24, 2.45) is 5.92 Å². The maximum absolute atomic E-state index is 11.6. The predicted octanol–water partition coefficient (Wildman–Crippen LogP) is 1.03. The highest BCUT2D eigenvalue weighted by molar-refractivity contribution is 14.1. The number of aliphatic hydroxyl groups excluding tert-OH is 1. The number of aliphatic hydroxyl groups is 1. The Balaban J connectivity index is 2.18. The molecule has 1 N–H and O–H groups in total. The van der Waals surface area contributed by atoms with Gasteiger partial charge in [0, 0.05) is 25.5 Å². The highest BCUT2D eigenvalue weighted by Gasteiger charge is 2.29. The molecule has 0 radical (unpaired) electrons. The Morgan fingerprint density at radius 1 is 1.60 bits per heavy atom. The van der Waals surface area contributed by atoms with E-state index in [4.69, 9.17) is 5.11 Å². The Labute approximate surface area is 101 Å². The van der Waals surface area contributed by atoms with E-state index in [0.29, 0.717) is 13.0 Å². The van der Waals surface area contributed by atoms with E-state index in [9.17, 15) is 4.79 Å². The summed E-state index contributed by atoms with van der Waals surface area (Å²) in [6.07, 6.45) is 2.13. The predicted molar refractivity (Wildman–Crippen MR) is 64.5 cm³/mol. The summed E-state index contributed by atoms with van der Waals surface area (Å²) in [5, 5.41) is 9.00. The van der Waals surface area contributed by atoms with Crippen LogP contribution in [0.25, 0.3) is 0 Å². The highest BCUT2D eigenvalue weighted by atomic mass is 127. The Bertz CT molecular complexity index is 366. The Morgan fingerprint density at radius 3 is 2.93 bits per heavy atom. The molecule has 0 aliphatic carbocycles. The molecule has 1 amide bonds. The van der Waals surface area contributed by atoms with Gasteiger partial charge in [0.2, 0.25) is 5.91 Å². The second-order valence-corrected chi connectivity index (χ2v) is 4.70. The summed E-state index contributed by atoms with van der Waals surface area (Å²) in [7, 11) is 0. The maximum Gasteiger partial charge on any atom is 0.227 e. The van der Waals surface area contributed by atoms with Gasteiger partial charge in [0.05, 0.1) is 11.9 Å². The molecule has 1 aliphatic rings. The minimum absolute atomic E-state index is 0.0665. The molecule has 80 valence electrons. The third-order valence-corrected chi connectivity index (χ3v) is 3.12. The average Bonchev–Trinajstić information content (AvgIpc) is 2.61. The number of aromatic nitrogens is 1. The molecule has 1 aromatic heterocycles. The van der Waals surface area contributed by atoms with Crippen molar-refractivity contribution in [2.45, 2.75) is 6.42 Å². The van der Waals surface area contributed by atoms with E-state index in [0.717, 1.165) is 9.39 Å². The average molecular weight is 318 g/mol.